The first-order chi connectivity index (χ1) is 5.74. The Morgan fingerprint density at radius 1 is 1.50 bits per heavy atom. The molecule has 0 unspecified atom stereocenters. The molecule has 2 N–H and O–H groups in total. The maximum Gasteiger partial charge on any atom is 0.119 e. The molecule has 0 radical (unpaired) electrons. The summed E-state index contributed by atoms with van der Waals surface area (Å²) in [5.41, 5.74) is 6.84. The van der Waals surface area contributed by atoms with Crippen molar-refractivity contribution >= 4 is 0 Å². The Labute approximate surface area is 73.3 Å². The SMILES string of the molecule is CCOc1cccc([C@H](C)N)c1. The van der Waals surface area contributed by atoms with Crippen molar-refractivity contribution in [3.05, 3.63) is 29.8 Å². The zero-order valence-corrected chi connectivity index (χ0v) is 7.58. The number of ether oxygens (including phenoxy) is 1. The number of nitrogens with two attached hydrogens (primary N) is 1. The maximum atomic E-state index is 5.72. The van der Waals surface area contributed by atoms with Gasteiger partial charge < -0.3 is 10.5 Å². The first kappa shape index (κ1) is 9.07. The molecule has 0 saturated carbocycles. The fraction of sp³-hybridized carbons (Fsp3) is 0.400. The topological polar surface area (TPSA) is 35.2 Å². The minimum Gasteiger partial charge on any atom is -0.494 e. The molecule has 0 amide bonds. The van der Waals surface area contributed by atoms with Crippen LogP contribution in [0.15, 0.2) is 24.3 Å². The predicted molar refractivity (Wildman–Crippen MR) is 50.2 cm³/mol. The normalized spacial score (nSPS) is 12.6. The summed E-state index contributed by atoms with van der Waals surface area (Å²) in [7, 11) is 0. The molecule has 2 nitrogen and oxygen atoms in total. The molecule has 2 heteroatoms. The lowest BCUT2D eigenvalue weighted by Crippen LogP contribution is -2.04. The largest absolute Gasteiger partial charge is 0.494 e. The average Bonchev–Trinajstić information content (AvgIpc) is 2.05. The van der Waals surface area contributed by atoms with Gasteiger partial charge in [-0.2, -0.15) is 0 Å². The number of hydrogen-bond acceptors (Lipinski definition) is 2. The molecule has 1 rings (SSSR count). The van der Waals surface area contributed by atoms with E-state index in [0.717, 1.165) is 11.3 Å². The van der Waals surface area contributed by atoms with Gasteiger partial charge in [-0.3, -0.25) is 0 Å². The highest BCUT2D eigenvalue weighted by Gasteiger charge is 1.99. The van der Waals surface area contributed by atoms with Gasteiger partial charge in [0.15, 0.2) is 0 Å². The summed E-state index contributed by atoms with van der Waals surface area (Å²) in [5, 5.41) is 0. The third kappa shape index (κ3) is 2.24. The van der Waals surface area contributed by atoms with Gasteiger partial charge in [0.25, 0.3) is 0 Å². The number of hydrogen-bond donors (Lipinski definition) is 1. The zero-order valence-electron chi connectivity index (χ0n) is 7.58. The van der Waals surface area contributed by atoms with Crippen molar-refractivity contribution in [2.24, 2.45) is 5.73 Å². The van der Waals surface area contributed by atoms with Crippen molar-refractivity contribution in [1.82, 2.24) is 0 Å². The quantitative estimate of drug-likeness (QED) is 0.744. The second kappa shape index (κ2) is 4.12. The Morgan fingerprint density at radius 3 is 2.83 bits per heavy atom. The van der Waals surface area contributed by atoms with Crippen LogP contribution >= 0.6 is 0 Å². The van der Waals surface area contributed by atoms with E-state index in [0.29, 0.717) is 6.61 Å². The zero-order chi connectivity index (χ0) is 8.97. The van der Waals surface area contributed by atoms with Crippen LogP contribution in [0.2, 0.25) is 0 Å². The molecule has 0 aliphatic carbocycles. The molecule has 0 aliphatic rings. The summed E-state index contributed by atoms with van der Waals surface area (Å²) >= 11 is 0. The van der Waals surface area contributed by atoms with Crippen LogP contribution in [0.4, 0.5) is 0 Å². The molecule has 0 spiro atoms. The van der Waals surface area contributed by atoms with Crippen molar-refractivity contribution in [2.75, 3.05) is 6.61 Å². The molecule has 0 aromatic heterocycles. The molecule has 0 heterocycles. The van der Waals surface area contributed by atoms with Gasteiger partial charge in [0.2, 0.25) is 0 Å². The van der Waals surface area contributed by atoms with E-state index in [1.165, 1.54) is 0 Å². The average molecular weight is 165 g/mol. The van der Waals surface area contributed by atoms with Gasteiger partial charge >= 0.3 is 0 Å². The molecule has 1 atom stereocenters. The van der Waals surface area contributed by atoms with E-state index < -0.39 is 0 Å². The molecule has 0 aliphatic heterocycles. The third-order valence-corrected chi connectivity index (χ3v) is 1.69. The lowest BCUT2D eigenvalue weighted by Gasteiger charge is -2.08. The third-order valence-electron chi connectivity index (χ3n) is 1.69. The molecule has 1 aromatic rings. The Hall–Kier alpha value is -1.02. The smallest absolute Gasteiger partial charge is 0.119 e. The van der Waals surface area contributed by atoms with Gasteiger partial charge in [-0.1, -0.05) is 12.1 Å². The summed E-state index contributed by atoms with van der Waals surface area (Å²) < 4.78 is 5.34. The highest BCUT2D eigenvalue weighted by Crippen LogP contribution is 2.17. The van der Waals surface area contributed by atoms with E-state index in [4.69, 9.17) is 10.5 Å². The van der Waals surface area contributed by atoms with Crippen molar-refractivity contribution in [2.45, 2.75) is 19.9 Å². The van der Waals surface area contributed by atoms with Crippen molar-refractivity contribution < 1.29 is 4.74 Å². The Kier molecular flexibility index (Phi) is 3.11. The van der Waals surface area contributed by atoms with Gasteiger partial charge in [0.1, 0.15) is 5.75 Å². The fourth-order valence-corrected chi connectivity index (χ4v) is 1.05. The number of rotatable bonds is 3. The summed E-state index contributed by atoms with van der Waals surface area (Å²) in [6.45, 7) is 4.63. The molecule has 0 bridgehead atoms. The van der Waals surface area contributed by atoms with Crippen molar-refractivity contribution in [3.63, 3.8) is 0 Å². The van der Waals surface area contributed by atoms with E-state index in [9.17, 15) is 0 Å². The lowest BCUT2D eigenvalue weighted by atomic mass is 10.1. The van der Waals surface area contributed by atoms with E-state index >= 15 is 0 Å². The van der Waals surface area contributed by atoms with Crippen LogP contribution in [0.5, 0.6) is 5.75 Å². The second-order valence-corrected chi connectivity index (χ2v) is 2.79. The second-order valence-electron chi connectivity index (χ2n) is 2.79. The highest BCUT2D eigenvalue weighted by atomic mass is 16.5. The van der Waals surface area contributed by atoms with Crippen LogP contribution in [0.25, 0.3) is 0 Å². The van der Waals surface area contributed by atoms with Crippen LogP contribution in [-0.4, -0.2) is 6.61 Å². The van der Waals surface area contributed by atoms with E-state index in [-0.39, 0.29) is 6.04 Å². The van der Waals surface area contributed by atoms with Crippen LogP contribution in [0, 0.1) is 0 Å². The van der Waals surface area contributed by atoms with Gasteiger partial charge in [-0.15, -0.1) is 0 Å². The minimum absolute atomic E-state index is 0.0745. The fourth-order valence-electron chi connectivity index (χ4n) is 1.05. The van der Waals surface area contributed by atoms with Gasteiger partial charge in [0.05, 0.1) is 6.61 Å². The van der Waals surface area contributed by atoms with Crippen LogP contribution < -0.4 is 10.5 Å². The first-order valence-corrected chi connectivity index (χ1v) is 4.22. The predicted octanol–water partition coefficient (Wildman–Crippen LogP) is 2.10. The Morgan fingerprint density at radius 2 is 2.25 bits per heavy atom. The summed E-state index contributed by atoms with van der Waals surface area (Å²) in [6.07, 6.45) is 0. The molecule has 12 heavy (non-hydrogen) atoms. The molecule has 0 saturated heterocycles. The van der Waals surface area contributed by atoms with Crippen molar-refractivity contribution in [3.8, 4) is 5.75 Å². The molecule has 1 aromatic carbocycles. The number of benzene rings is 1. The van der Waals surface area contributed by atoms with E-state index in [2.05, 4.69) is 0 Å². The Bertz CT molecular complexity index is 245. The monoisotopic (exact) mass is 165 g/mol. The van der Waals surface area contributed by atoms with Gasteiger partial charge in [-0.05, 0) is 31.5 Å². The standard InChI is InChI=1S/C10H15NO/c1-3-12-10-6-4-5-9(7-10)8(2)11/h4-8H,3,11H2,1-2H3/t8-/m0/s1. The first-order valence-electron chi connectivity index (χ1n) is 4.22. The molecular weight excluding hydrogens is 150 g/mol. The summed E-state index contributed by atoms with van der Waals surface area (Å²) in [4.78, 5) is 0. The van der Waals surface area contributed by atoms with Crippen molar-refractivity contribution in [1.29, 1.82) is 0 Å². The molecule has 0 fully saturated rings. The molecular formula is C10H15NO. The summed E-state index contributed by atoms with van der Waals surface area (Å²) in [6, 6.07) is 7.96. The Balaban J connectivity index is 2.81. The van der Waals surface area contributed by atoms with E-state index in [1.807, 2.05) is 38.1 Å². The van der Waals surface area contributed by atoms with Gasteiger partial charge in [-0.25, -0.2) is 0 Å². The minimum atomic E-state index is 0.0745. The lowest BCUT2D eigenvalue weighted by molar-refractivity contribution is 0.339. The maximum absolute atomic E-state index is 5.72. The van der Waals surface area contributed by atoms with Crippen LogP contribution in [-0.2, 0) is 0 Å². The van der Waals surface area contributed by atoms with E-state index in [1.54, 1.807) is 0 Å². The summed E-state index contributed by atoms with van der Waals surface area (Å²) in [5.74, 6) is 0.896. The van der Waals surface area contributed by atoms with Crippen LogP contribution in [0.1, 0.15) is 25.5 Å². The van der Waals surface area contributed by atoms with Gasteiger partial charge in [0, 0.05) is 6.04 Å². The highest BCUT2D eigenvalue weighted by molar-refractivity contribution is 5.29. The van der Waals surface area contributed by atoms with Crippen LogP contribution in [0.3, 0.4) is 0 Å². The molecule has 66 valence electrons.